The molecule has 11 nitrogen and oxygen atoms in total. The van der Waals surface area contributed by atoms with E-state index in [2.05, 4.69) is 5.32 Å². The molecule has 1 aromatic rings. The third-order valence-corrected chi connectivity index (χ3v) is 9.45. The molecule has 0 fully saturated rings. The van der Waals surface area contributed by atoms with Crippen molar-refractivity contribution in [3.8, 4) is 11.5 Å². The van der Waals surface area contributed by atoms with E-state index in [0.717, 1.165) is 6.08 Å². The highest BCUT2D eigenvalue weighted by molar-refractivity contribution is 6.31. The second kappa shape index (κ2) is 14.3. The minimum absolute atomic E-state index is 0.00428. The number of aliphatic hydroxyl groups is 4. The third-order valence-electron chi connectivity index (χ3n) is 9.45. The normalized spacial score (nSPS) is 35.0. The molecule has 2 heterocycles. The summed E-state index contributed by atoms with van der Waals surface area (Å²) in [6.45, 7) is 12.3. The monoisotopic (exact) mass is 639 g/mol. The number of rotatable bonds is 0. The molecule has 0 aromatic heterocycles. The predicted molar refractivity (Wildman–Crippen MR) is 170 cm³/mol. The Hall–Kier alpha value is -3.90. The van der Waals surface area contributed by atoms with Crippen molar-refractivity contribution in [2.75, 3.05) is 0 Å². The van der Waals surface area contributed by atoms with Crippen LogP contribution in [0.3, 0.4) is 0 Å². The van der Waals surface area contributed by atoms with Crippen molar-refractivity contribution in [2.45, 2.75) is 79.8 Å². The molecule has 0 unspecified atom stereocenters. The van der Waals surface area contributed by atoms with Gasteiger partial charge >= 0.3 is 0 Å². The van der Waals surface area contributed by atoms with Crippen LogP contribution >= 0.6 is 0 Å². The molecular weight excluding hydrogens is 594 g/mol. The van der Waals surface area contributed by atoms with Crippen molar-refractivity contribution in [2.24, 2.45) is 29.6 Å². The first-order valence-corrected chi connectivity index (χ1v) is 15.3. The van der Waals surface area contributed by atoms with E-state index in [1.165, 1.54) is 39.0 Å². The Labute approximate surface area is 268 Å². The number of fused-ring (bicyclic) bond motifs is 15. The van der Waals surface area contributed by atoms with Crippen LogP contribution < -0.4 is 5.32 Å². The molecule has 0 spiro atoms. The number of aliphatic hydroxyl groups excluding tert-OH is 4. The Balaban J connectivity index is 2.20. The molecule has 1 amide bonds. The number of Topliss-reactive ketones (excluding diaryl/α,β-unsaturated/α-hetero) is 2. The van der Waals surface area contributed by atoms with E-state index in [9.17, 15) is 49.8 Å². The molecule has 0 saturated carbocycles. The first kappa shape index (κ1) is 36.6. The fourth-order valence-electron chi connectivity index (χ4n) is 6.11. The molecule has 11 heteroatoms. The Bertz CT molecular complexity index is 1550. The Morgan fingerprint density at radius 1 is 0.630 bits per heavy atom. The molecule has 46 heavy (non-hydrogen) atoms. The molecule has 1 aliphatic carbocycles. The fourth-order valence-corrected chi connectivity index (χ4v) is 6.11. The summed E-state index contributed by atoms with van der Waals surface area (Å²) in [6, 6.07) is 0. The zero-order valence-corrected chi connectivity index (χ0v) is 27.4. The molecule has 2 aliphatic heterocycles. The number of benzene rings is 1. The van der Waals surface area contributed by atoms with Gasteiger partial charge in [0.15, 0.2) is 11.6 Å². The highest BCUT2D eigenvalue weighted by Gasteiger charge is 2.39. The molecule has 0 saturated heterocycles. The number of aromatic hydroxyl groups is 2. The van der Waals surface area contributed by atoms with Crippen molar-refractivity contribution in [3.63, 3.8) is 0 Å². The molecule has 4 rings (SSSR count). The number of carbonyl (C=O) groups excluding carboxylic acids is 4. The molecule has 250 valence electrons. The third kappa shape index (κ3) is 6.92. The standard InChI is InChI=1S/C35H45NO10/c1-14-10-9-11-15(2)35(46)36-22-13-23(37)24-25(32(43)21(8)33(44)26(24)34(22)45)29(40)17(4)12-16(3)28(39)19(6)31(42)20(7)30(41)18(5)27(14)38/h9-14,16,18-20,27-28,30-31,38-39,41-44H,1-8H3,(H,36,46)/b10-9+,15-11-,17-12-/t14-,16-,18+,19+,20+,27-,28-,30+,31+/m0/s1. The number of phenolic OH excluding ortho intramolecular Hbond substituents is 2. The van der Waals surface area contributed by atoms with Crippen molar-refractivity contribution >= 4 is 23.3 Å². The van der Waals surface area contributed by atoms with Crippen LogP contribution in [-0.4, -0.2) is 78.3 Å². The van der Waals surface area contributed by atoms with Gasteiger partial charge < -0.3 is 36.0 Å². The van der Waals surface area contributed by atoms with E-state index in [0.29, 0.717) is 0 Å². The van der Waals surface area contributed by atoms with Crippen LogP contribution in [0.1, 0.15) is 85.1 Å². The maximum atomic E-state index is 13.7. The molecule has 4 bridgehead atoms. The lowest BCUT2D eigenvalue weighted by molar-refractivity contribution is -0.116. The number of hydrogen-bond acceptors (Lipinski definition) is 10. The summed E-state index contributed by atoms with van der Waals surface area (Å²) in [5, 5.41) is 68.4. The SMILES string of the molecule is C/C1=C/C=C/[C@H](C)[C@H](O)[C@@H](C)[C@@H](O)[C@@H](C)[C@H](O)[C@H](C)[C@@H](O)[C@@H](C)/C=C(/C)C(=O)c2c(O)c(C)c(O)c3c2C(=O)C=C(NC1=O)C3=O. The zero-order valence-electron chi connectivity index (χ0n) is 27.4. The highest BCUT2D eigenvalue weighted by atomic mass is 16.3. The molecular formula is C35H45NO10. The summed E-state index contributed by atoms with van der Waals surface area (Å²) in [5.41, 5.74) is -2.08. The lowest BCUT2D eigenvalue weighted by Crippen LogP contribution is -2.45. The lowest BCUT2D eigenvalue weighted by Gasteiger charge is -2.36. The van der Waals surface area contributed by atoms with Crippen LogP contribution in [0, 0.1) is 36.5 Å². The number of phenols is 2. The highest BCUT2D eigenvalue weighted by Crippen LogP contribution is 2.41. The topological polar surface area (TPSA) is 202 Å². The summed E-state index contributed by atoms with van der Waals surface area (Å²) < 4.78 is 0. The Kier molecular flexibility index (Phi) is 11.3. The van der Waals surface area contributed by atoms with Gasteiger partial charge in [0.1, 0.15) is 11.5 Å². The minimum atomic E-state index is -1.21. The van der Waals surface area contributed by atoms with Crippen LogP contribution in [0.5, 0.6) is 11.5 Å². The number of ketones is 3. The van der Waals surface area contributed by atoms with E-state index in [1.54, 1.807) is 40.7 Å². The average Bonchev–Trinajstić information content (AvgIpc) is 3.02. The summed E-state index contributed by atoms with van der Waals surface area (Å²) >= 11 is 0. The van der Waals surface area contributed by atoms with Gasteiger partial charge in [-0.15, -0.1) is 0 Å². The zero-order chi connectivity index (χ0) is 34.9. The van der Waals surface area contributed by atoms with Crippen molar-refractivity contribution in [1.82, 2.24) is 5.32 Å². The molecule has 3 aliphatic rings. The van der Waals surface area contributed by atoms with Gasteiger partial charge in [0.25, 0.3) is 5.91 Å². The van der Waals surface area contributed by atoms with Gasteiger partial charge in [-0.3, -0.25) is 19.2 Å². The smallest absolute Gasteiger partial charge is 0.251 e. The fraction of sp³-hybridized carbons (Fsp3) is 0.486. The van der Waals surface area contributed by atoms with Gasteiger partial charge in [0.05, 0.1) is 46.8 Å². The van der Waals surface area contributed by atoms with Gasteiger partial charge in [0.2, 0.25) is 5.78 Å². The maximum absolute atomic E-state index is 13.7. The Morgan fingerprint density at radius 2 is 1.11 bits per heavy atom. The van der Waals surface area contributed by atoms with Gasteiger partial charge in [-0.2, -0.15) is 0 Å². The first-order valence-electron chi connectivity index (χ1n) is 15.3. The van der Waals surface area contributed by atoms with E-state index < -0.39 is 111 Å². The van der Waals surface area contributed by atoms with Gasteiger partial charge in [-0.1, -0.05) is 58.9 Å². The number of amides is 1. The first-order chi connectivity index (χ1) is 21.3. The largest absolute Gasteiger partial charge is 0.507 e. The van der Waals surface area contributed by atoms with Crippen molar-refractivity contribution in [1.29, 1.82) is 0 Å². The van der Waals surface area contributed by atoms with E-state index in [4.69, 9.17) is 0 Å². The minimum Gasteiger partial charge on any atom is -0.507 e. The summed E-state index contributed by atoms with van der Waals surface area (Å²) in [4.78, 5) is 53.6. The number of allylic oxidation sites excluding steroid dienone is 5. The van der Waals surface area contributed by atoms with Crippen LogP contribution in [0.2, 0.25) is 0 Å². The van der Waals surface area contributed by atoms with E-state index in [-0.39, 0.29) is 16.7 Å². The summed E-state index contributed by atoms with van der Waals surface area (Å²) in [6.07, 6.45) is 2.23. The van der Waals surface area contributed by atoms with Gasteiger partial charge in [-0.25, -0.2) is 0 Å². The average molecular weight is 640 g/mol. The second-order valence-corrected chi connectivity index (χ2v) is 12.8. The second-order valence-electron chi connectivity index (χ2n) is 12.8. The van der Waals surface area contributed by atoms with E-state index >= 15 is 0 Å². The Morgan fingerprint density at radius 3 is 1.65 bits per heavy atom. The number of hydrogen-bond donors (Lipinski definition) is 7. The molecule has 0 radical (unpaired) electrons. The summed E-state index contributed by atoms with van der Waals surface area (Å²) in [7, 11) is 0. The molecule has 9 atom stereocenters. The lowest BCUT2D eigenvalue weighted by atomic mass is 9.77. The van der Waals surface area contributed by atoms with Crippen LogP contribution in [0.4, 0.5) is 0 Å². The van der Waals surface area contributed by atoms with Crippen LogP contribution in [-0.2, 0) is 4.79 Å². The summed E-state index contributed by atoms with van der Waals surface area (Å²) in [5.74, 6) is -8.28. The van der Waals surface area contributed by atoms with Crippen LogP contribution in [0.25, 0.3) is 0 Å². The van der Waals surface area contributed by atoms with Gasteiger partial charge in [0, 0.05) is 46.8 Å². The molecule has 1 aromatic carbocycles. The van der Waals surface area contributed by atoms with Crippen LogP contribution in [0.15, 0.2) is 47.2 Å². The van der Waals surface area contributed by atoms with Crippen molar-refractivity contribution < 1.29 is 49.8 Å². The number of nitrogens with one attached hydrogen (secondary N) is 1. The van der Waals surface area contributed by atoms with Crippen molar-refractivity contribution in [3.05, 3.63) is 69.5 Å². The maximum Gasteiger partial charge on any atom is 0.251 e. The quantitative estimate of drug-likeness (QED) is 0.221. The predicted octanol–water partition coefficient (Wildman–Crippen LogP) is 3.05. The molecule has 7 N–H and O–H groups in total. The number of carbonyl (C=O) groups is 4. The van der Waals surface area contributed by atoms with E-state index in [1.807, 2.05) is 0 Å². The van der Waals surface area contributed by atoms with Gasteiger partial charge in [-0.05, 0) is 26.3 Å².